The number of aliphatic hydroxyl groups excluding tert-OH is 2. The van der Waals surface area contributed by atoms with E-state index in [-0.39, 0.29) is 257 Å². The molecule has 0 aliphatic carbocycles. The molecule has 0 bridgehead atoms. The molecule has 0 unspecified atom stereocenters. The first-order chi connectivity index (χ1) is 22.2. The summed E-state index contributed by atoms with van der Waals surface area (Å²) in [6.45, 7) is 8.82. The Labute approximate surface area is 466 Å². The van der Waals surface area contributed by atoms with Crippen LogP contribution in [0.15, 0.2) is 9.59 Å². The number of hydrogen-bond acceptors (Lipinski definition) is 17. The molecule has 21 nitrogen and oxygen atoms in total. The van der Waals surface area contributed by atoms with Gasteiger partial charge in [0.25, 0.3) is 18.5 Å². The Morgan fingerprint density at radius 3 is 1.90 bits per heavy atom. The van der Waals surface area contributed by atoms with Crippen LogP contribution in [-0.4, -0.2) is 92.6 Å². The number of nitrogens with one attached hydrogen (secondary N) is 2. The van der Waals surface area contributed by atoms with Crippen molar-refractivity contribution < 1.29 is 277 Å². The van der Waals surface area contributed by atoms with Gasteiger partial charge in [-0.2, -0.15) is 4.98 Å². The number of carbonyl (C=O) groups is 5. The fourth-order valence-corrected chi connectivity index (χ4v) is 4.23. The van der Waals surface area contributed by atoms with Crippen molar-refractivity contribution >= 4 is 47.9 Å². The summed E-state index contributed by atoms with van der Waals surface area (Å²) in [4.78, 5) is 90.7. The molecule has 1 fully saturated rings. The summed E-state index contributed by atoms with van der Waals surface area (Å²) in [6.07, 6.45) is -1.76. The average Bonchev–Trinajstić information content (AvgIpc) is 3.55. The van der Waals surface area contributed by atoms with Gasteiger partial charge < -0.3 is 47.6 Å². The number of carbonyl (C=O) groups excluding carboxylic acids is 5. The number of H-pyrrole nitrogens is 1. The predicted molar refractivity (Wildman–Crippen MR) is 156 cm³/mol. The number of nitrogens with zero attached hydrogens (tertiary/aromatic N) is 3. The van der Waals surface area contributed by atoms with E-state index in [2.05, 4.69) is 25.1 Å². The molecule has 0 spiro atoms. The molecular formula is C26H43K4N5O16. The number of esters is 2. The fourth-order valence-electron chi connectivity index (χ4n) is 4.23. The van der Waals surface area contributed by atoms with Gasteiger partial charge in [-0.15, -0.1) is 0 Å². The van der Waals surface area contributed by atoms with Crippen LogP contribution in [0.4, 0.5) is 5.95 Å². The number of fused-ring (bicyclic) bond motifs is 1. The Balaban J connectivity index is -0.000000166. The SMILES string of the molecule is CC[C@H](C)[C@@H]1C[C@@H](OC(C)=O)[C@H](n2c(=O)n(C[C@H](C)OC(C)=O)c3c(=O)[nH]c(NC(C)=O)nc32)O1.CO.CO.O=CO[O-].O=CO[O-].[H-].[H-].[K+].[K+].[K+].[K+]. The summed E-state index contributed by atoms with van der Waals surface area (Å²) in [7, 11) is 2.00. The molecule has 3 heterocycles. The molecule has 5 atom stereocenters. The number of ether oxygens (including phenoxy) is 3. The summed E-state index contributed by atoms with van der Waals surface area (Å²) in [5, 5.41) is 33.3. The quantitative estimate of drug-likeness (QED) is 0.0568. The molecule has 0 radical (unpaired) electrons. The smallest absolute Gasteiger partial charge is 1.00 e. The van der Waals surface area contributed by atoms with E-state index in [1.165, 1.54) is 20.8 Å². The minimum Gasteiger partial charge on any atom is -1.00 e. The van der Waals surface area contributed by atoms with E-state index in [9.17, 15) is 24.0 Å². The first kappa shape index (κ1) is 64.7. The van der Waals surface area contributed by atoms with Crippen molar-refractivity contribution in [2.75, 3.05) is 19.5 Å². The van der Waals surface area contributed by atoms with Gasteiger partial charge in [-0.25, -0.2) is 9.36 Å². The van der Waals surface area contributed by atoms with Crippen molar-refractivity contribution in [2.45, 2.75) is 85.5 Å². The van der Waals surface area contributed by atoms with Crippen molar-refractivity contribution in [3.05, 3.63) is 20.8 Å². The standard InChI is InChI=1S/C22H31N5O8.2CH2O3.2CH4O.4K.2H/c1-7-10(2)15-8-16(34-14(6)30)20(35-15)27-18-17(19(31)25-21(24-18)23-12(4)28)26(22(27)32)9-11(3)33-13(5)29;2*2-1-4-3;2*1-2;;;;;;/h10-11,15-16,20H,7-9H2,1-6H3,(H2,23,24,25,28,31);2*1,3H;2*2H,1H3;;;;;;/q;;;;;4*+1;2*-1/p-2/t10-,11-,15-,16+,20+;;;;;;;;;;/m0........../s1. The van der Waals surface area contributed by atoms with Crippen molar-refractivity contribution in [1.29, 1.82) is 0 Å². The minimum atomic E-state index is -1.06. The molecule has 272 valence electrons. The van der Waals surface area contributed by atoms with Crippen LogP contribution in [-0.2, 0) is 54.5 Å². The predicted octanol–water partition coefficient (Wildman–Crippen LogP) is -14.6. The van der Waals surface area contributed by atoms with Crippen molar-refractivity contribution in [2.24, 2.45) is 5.92 Å². The van der Waals surface area contributed by atoms with E-state index in [0.717, 1.165) is 29.8 Å². The molecule has 2 aromatic heterocycles. The normalized spacial score (nSPS) is 15.8. The molecule has 25 heteroatoms. The third-order valence-corrected chi connectivity index (χ3v) is 5.94. The van der Waals surface area contributed by atoms with Gasteiger partial charge in [0.2, 0.25) is 11.9 Å². The number of aliphatic hydroxyl groups is 2. The largest absolute Gasteiger partial charge is 1.00 e. The average molecular weight is 838 g/mol. The van der Waals surface area contributed by atoms with Crippen LogP contribution < -0.4 is 233 Å². The minimum absolute atomic E-state index is 0. The zero-order valence-corrected chi connectivity index (χ0v) is 43.6. The van der Waals surface area contributed by atoms with Gasteiger partial charge in [-0.05, 0) is 12.8 Å². The third-order valence-electron chi connectivity index (χ3n) is 5.94. The number of rotatable bonds is 10. The Kier molecular flexibility index (Phi) is 47.5. The van der Waals surface area contributed by atoms with Crippen molar-refractivity contribution in [1.82, 2.24) is 19.1 Å². The third kappa shape index (κ3) is 23.6. The Bertz CT molecular complexity index is 1410. The maximum Gasteiger partial charge on any atom is 1.00 e. The number of imidazole rings is 1. The molecule has 1 aliphatic rings. The van der Waals surface area contributed by atoms with E-state index in [4.69, 9.17) is 44.5 Å². The molecule has 1 aliphatic heterocycles. The van der Waals surface area contributed by atoms with Gasteiger partial charge in [0.1, 0.15) is 12.2 Å². The summed E-state index contributed by atoms with van der Waals surface area (Å²) in [5.74, 6) is -1.61. The van der Waals surface area contributed by atoms with Gasteiger partial charge in [-0.1, -0.05) is 20.3 Å². The van der Waals surface area contributed by atoms with E-state index >= 15 is 0 Å². The molecular weight excluding hydrogens is 795 g/mol. The number of aromatic amines is 1. The van der Waals surface area contributed by atoms with Crippen LogP contribution in [0.2, 0.25) is 0 Å². The molecule has 0 saturated carbocycles. The van der Waals surface area contributed by atoms with Crippen LogP contribution >= 0.6 is 0 Å². The van der Waals surface area contributed by atoms with Crippen molar-refractivity contribution in [3.63, 3.8) is 0 Å². The summed E-state index contributed by atoms with van der Waals surface area (Å²) < 4.78 is 19.1. The molecule has 51 heavy (non-hydrogen) atoms. The van der Waals surface area contributed by atoms with E-state index in [1.54, 1.807) is 6.92 Å². The van der Waals surface area contributed by atoms with Crippen LogP contribution in [0, 0.1) is 5.92 Å². The van der Waals surface area contributed by atoms with Gasteiger partial charge in [0.05, 0.1) is 12.6 Å². The summed E-state index contributed by atoms with van der Waals surface area (Å²) in [6, 6.07) is 0. The summed E-state index contributed by atoms with van der Waals surface area (Å²) >= 11 is 0. The molecule has 1 amide bonds. The van der Waals surface area contributed by atoms with Gasteiger partial charge in [0, 0.05) is 41.4 Å². The zero-order valence-electron chi connectivity index (χ0n) is 33.1. The summed E-state index contributed by atoms with van der Waals surface area (Å²) in [5.41, 5.74) is -1.51. The molecule has 1 saturated heterocycles. The Morgan fingerprint density at radius 1 is 1.02 bits per heavy atom. The van der Waals surface area contributed by atoms with E-state index in [1.807, 2.05) is 13.8 Å². The van der Waals surface area contributed by atoms with Crippen LogP contribution in [0.5, 0.6) is 0 Å². The second-order valence-corrected chi connectivity index (χ2v) is 9.17. The van der Waals surface area contributed by atoms with Gasteiger partial charge >= 0.3 is 223 Å². The number of amides is 1. The van der Waals surface area contributed by atoms with Gasteiger partial charge in [0.15, 0.2) is 17.4 Å². The van der Waals surface area contributed by atoms with E-state index < -0.39 is 47.5 Å². The van der Waals surface area contributed by atoms with Crippen LogP contribution in [0.25, 0.3) is 11.2 Å². The number of anilines is 1. The number of hydrogen-bond donors (Lipinski definition) is 4. The second-order valence-electron chi connectivity index (χ2n) is 9.17. The fraction of sp³-hybridized carbons (Fsp3) is 0.615. The van der Waals surface area contributed by atoms with Gasteiger partial charge in [-0.3, -0.25) is 43.6 Å². The molecule has 4 N–H and O–H groups in total. The first-order valence-corrected chi connectivity index (χ1v) is 13.6. The van der Waals surface area contributed by atoms with Crippen LogP contribution in [0.3, 0.4) is 0 Å². The Hall–Kier alpha value is 1.85. The second kappa shape index (κ2) is 37.4. The maximum absolute atomic E-state index is 13.6. The van der Waals surface area contributed by atoms with Crippen LogP contribution in [0.1, 0.15) is 63.5 Å². The Morgan fingerprint density at radius 2 is 1.51 bits per heavy atom. The molecule has 0 aromatic carbocycles. The molecule has 2 aromatic rings. The monoisotopic (exact) mass is 837 g/mol. The van der Waals surface area contributed by atoms with Crippen molar-refractivity contribution in [3.8, 4) is 0 Å². The first-order valence-electron chi connectivity index (χ1n) is 13.6. The maximum atomic E-state index is 13.6. The zero-order chi connectivity index (χ0) is 36.9. The van der Waals surface area contributed by atoms with E-state index in [0.29, 0.717) is 6.42 Å². The number of aromatic nitrogens is 4. The molecule has 3 rings (SSSR count). The topological polar surface area (TPSA) is 303 Å².